The zero-order valence-electron chi connectivity index (χ0n) is 9.73. The number of rotatable bonds is 5. The Morgan fingerprint density at radius 1 is 1.53 bits per heavy atom. The van der Waals surface area contributed by atoms with Crippen LogP contribution in [0.4, 0.5) is 0 Å². The van der Waals surface area contributed by atoms with Gasteiger partial charge in [-0.15, -0.1) is 10.1 Å². The second-order valence-corrected chi connectivity index (χ2v) is 3.52. The highest BCUT2D eigenvalue weighted by atomic mass is 17.0. The molecule has 1 aromatic carbocycles. The molecule has 0 amide bonds. The van der Waals surface area contributed by atoms with E-state index >= 15 is 0 Å². The van der Waals surface area contributed by atoms with E-state index in [0.717, 1.165) is 17.7 Å². The number of hydrogen-bond donors (Lipinski definition) is 1. The van der Waals surface area contributed by atoms with Crippen LogP contribution in [0.3, 0.4) is 0 Å². The molecule has 0 aromatic heterocycles. The molecular formula is C11H14N2O4. The lowest BCUT2D eigenvalue weighted by Gasteiger charge is -2.07. The van der Waals surface area contributed by atoms with Crippen LogP contribution in [-0.4, -0.2) is 17.6 Å². The molecule has 1 aromatic rings. The zero-order chi connectivity index (χ0) is 12.8. The predicted molar refractivity (Wildman–Crippen MR) is 61.0 cm³/mol. The first-order valence-corrected chi connectivity index (χ1v) is 5.21. The summed E-state index contributed by atoms with van der Waals surface area (Å²) in [7, 11) is 0. The van der Waals surface area contributed by atoms with Gasteiger partial charge in [0.1, 0.15) is 0 Å². The average molecular weight is 238 g/mol. The summed E-state index contributed by atoms with van der Waals surface area (Å²) in [4.78, 5) is 25.2. The van der Waals surface area contributed by atoms with Gasteiger partial charge in [-0.2, -0.15) is 0 Å². The molecule has 1 rings (SSSR count). The van der Waals surface area contributed by atoms with Crippen LogP contribution in [0.1, 0.15) is 28.4 Å². The standard InChI is InChI=1S/C11H14N2O4/c1-3-12-7-10-5-4-9(6-8(10)2)11(14)17-13(15)16/h4-6,12H,3,7H2,1-2H3. The van der Waals surface area contributed by atoms with E-state index in [9.17, 15) is 14.9 Å². The van der Waals surface area contributed by atoms with Gasteiger partial charge in [0.05, 0.1) is 0 Å². The Morgan fingerprint density at radius 2 is 2.24 bits per heavy atom. The molecule has 0 radical (unpaired) electrons. The molecule has 6 nitrogen and oxygen atoms in total. The van der Waals surface area contributed by atoms with Gasteiger partial charge in [-0.05, 0) is 36.7 Å². The molecule has 0 aliphatic rings. The van der Waals surface area contributed by atoms with Crippen LogP contribution in [0.15, 0.2) is 18.2 Å². The van der Waals surface area contributed by atoms with E-state index in [1.54, 1.807) is 12.1 Å². The first-order chi connectivity index (χ1) is 8.04. The van der Waals surface area contributed by atoms with E-state index in [1.807, 2.05) is 13.8 Å². The summed E-state index contributed by atoms with van der Waals surface area (Å²) < 4.78 is 0. The van der Waals surface area contributed by atoms with Gasteiger partial charge in [-0.1, -0.05) is 13.0 Å². The Morgan fingerprint density at radius 3 is 2.76 bits per heavy atom. The van der Waals surface area contributed by atoms with Gasteiger partial charge in [0.25, 0.3) is 0 Å². The minimum absolute atomic E-state index is 0.180. The molecule has 0 bridgehead atoms. The predicted octanol–water partition coefficient (Wildman–Crippen LogP) is 1.45. The van der Waals surface area contributed by atoms with Crippen LogP contribution in [0.2, 0.25) is 0 Å². The average Bonchev–Trinajstić information content (AvgIpc) is 2.26. The van der Waals surface area contributed by atoms with Gasteiger partial charge < -0.3 is 5.32 Å². The molecule has 92 valence electrons. The summed E-state index contributed by atoms with van der Waals surface area (Å²) in [6.07, 6.45) is 0. The maximum atomic E-state index is 11.3. The van der Waals surface area contributed by atoms with E-state index in [2.05, 4.69) is 10.2 Å². The summed E-state index contributed by atoms with van der Waals surface area (Å²) in [5.41, 5.74) is 2.12. The van der Waals surface area contributed by atoms with E-state index in [0.29, 0.717) is 6.54 Å². The zero-order valence-corrected chi connectivity index (χ0v) is 9.73. The van der Waals surface area contributed by atoms with Crippen molar-refractivity contribution < 1.29 is 14.7 Å². The molecule has 6 heteroatoms. The number of nitrogens with one attached hydrogen (secondary N) is 1. The molecular weight excluding hydrogens is 224 g/mol. The van der Waals surface area contributed by atoms with Crippen molar-refractivity contribution in [3.05, 3.63) is 45.0 Å². The Hall–Kier alpha value is -1.95. The Kier molecular flexibility index (Phi) is 4.59. The molecule has 0 spiro atoms. The molecule has 17 heavy (non-hydrogen) atoms. The van der Waals surface area contributed by atoms with Crippen LogP contribution in [-0.2, 0) is 11.4 Å². The molecule has 1 N–H and O–H groups in total. The van der Waals surface area contributed by atoms with Gasteiger partial charge in [0.2, 0.25) is 0 Å². The maximum Gasteiger partial charge on any atom is 0.334 e. The number of benzene rings is 1. The quantitative estimate of drug-likeness (QED) is 0.620. The van der Waals surface area contributed by atoms with Crippen LogP contribution in [0, 0.1) is 17.0 Å². The van der Waals surface area contributed by atoms with Gasteiger partial charge in [0.15, 0.2) is 0 Å². The minimum atomic E-state index is -1.11. The highest BCUT2D eigenvalue weighted by molar-refractivity contribution is 5.89. The van der Waals surface area contributed by atoms with Crippen molar-refractivity contribution in [1.29, 1.82) is 0 Å². The third-order valence-corrected chi connectivity index (χ3v) is 2.30. The molecule has 0 fully saturated rings. The summed E-state index contributed by atoms with van der Waals surface area (Å²) in [6.45, 7) is 5.39. The first kappa shape index (κ1) is 13.1. The van der Waals surface area contributed by atoms with E-state index in [-0.39, 0.29) is 5.56 Å². The third kappa shape index (κ3) is 3.84. The van der Waals surface area contributed by atoms with Crippen molar-refractivity contribution in [2.45, 2.75) is 20.4 Å². The highest BCUT2D eigenvalue weighted by Gasteiger charge is 2.11. The minimum Gasteiger partial charge on any atom is -0.313 e. The van der Waals surface area contributed by atoms with Crippen LogP contribution >= 0.6 is 0 Å². The molecule has 0 aliphatic carbocycles. The number of nitrogens with zero attached hydrogens (tertiary/aromatic N) is 1. The summed E-state index contributed by atoms with van der Waals surface area (Å²) >= 11 is 0. The van der Waals surface area contributed by atoms with Gasteiger partial charge in [-0.3, -0.25) is 4.79 Å². The lowest BCUT2D eigenvalue weighted by Crippen LogP contribution is -2.14. The second kappa shape index (κ2) is 5.95. The lowest BCUT2D eigenvalue weighted by atomic mass is 10.1. The SMILES string of the molecule is CCNCc1ccc(C(=O)O[N+](=O)[O-])cc1C. The van der Waals surface area contributed by atoms with Crippen molar-refractivity contribution in [2.75, 3.05) is 6.54 Å². The van der Waals surface area contributed by atoms with Crippen molar-refractivity contribution in [3.8, 4) is 0 Å². The van der Waals surface area contributed by atoms with Gasteiger partial charge in [-0.25, -0.2) is 4.84 Å². The Bertz CT molecular complexity index is 431. The Balaban J connectivity index is 2.81. The smallest absolute Gasteiger partial charge is 0.313 e. The van der Waals surface area contributed by atoms with Crippen molar-refractivity contribution in [3.63, 3.8) is 0 Å². The summed E-state index contributed by atoms with van der Waals surface area (Å²) in [5, 5.41) is 12.1. The van der Waals surface area contributed by atoms with Crippen molar-refractivity contribution in [2.24, 2.45) is 0 Å². The number of carbonyl (C=O) groups is 1. The monoisotopic (exact) mass is 238 g/mol. The molecule has 0 saturated heterocycles. The van der Waals surface area contributed by atoms with Crippen LogP contribution in [0.5, 0.6) is 0 Å². The molecule has 0 aliphatic heterocycles. The lowest BCUT2D eigenvalue weighted by molar-refractivity contribution is -0.727. The van der Waals surface area contributed by atoms with Gasteiger partial charge >= 0.3 is 11.1 Å². The van der Waals surface area contributed by atoms with Crippen LogP contribution in [0.25, 0.3) is 0 Å². The van der Waals surface area contributed by atoms with E-state index in [1.165, 1.54) is 6.07 Å². The maximum absolute atomic E-state index is 11.3. The number of hydrogen-bond acceptors (Lipinski definition) is 5. The Labute approximate surface area is 98.7 Å². The first-order valence-electron chi connectivity index (χ1n) is 5.21. The van der Waals surface area contributed by atoms with E-state index in [4.69, 9.17) is 0 Å². The summed E-state index contributed by atoms with van der Waals surface area (Å²) in [6, 6.07) is 4.86. The van der Waals surface area contributed by atoms with E-state index < -0.39 is 11.1 Å². The third-order valence-electron chi connectivity index (χ3n) is 2.30. The molecule has 0 atom stereocenters. The fourth-order valence-corrected chi connectivity index (χ4v) is 1.40. The highest BCUT2D eigenvalue weighted by Crippen LogP contribution is 2.12. The topological polar surface area (TPSA) is 81.5 Å². The second-order valence-electron chi connectivity index (χ2n) is 3.52. The van der Waals surface area contributed by atoms with Crippen LogP contribution < -0.4 is 5.32 Å². The fourth-order valence-electron chi connectivity index (χ4n) is 1.40. The number of carbonyl (C=O) groups excluding carboxylic acids is 1. The largest absolute Gasteiger partial charge is 0.334 e. The van der Waals surface area contributed by atoms with Crippen molar-refractivity contribution in [1.82, 2.24) is 5.32 Å². The molecule has 0 saturated carbocycles. The van der Waals surface area contributed by atoms with Crippen molar-refractivity contribution >= 4 is 5.97 Å². The summed E-state index contributed by atoms with van der Waals surface area (Å²) in [5.74, 6) is -0.951. The van der Waals surface area contributed by atoms with Gasteiger partial charge in [0, 0.05) is 12.1 Å². The molecule has 0 heterocycles. The fraction of sp³-hybridized carbons (Fsp3) is 0.364. The number of aryl methyl sites for hydroxylation is 1. The molecule has 0 unspecified atom stereocenters. The normalized spacial score (nSPS) is 10.0.